The minimum Gasteiger partial charge on any atom is -0.251 e. The first-order valence-corrected chi connectivity index (χ1v) is 7.57. The minimum absolute atomic E-state index is 0.0370. The molecule has 0 heterocycles. The molecule has 0 saturated carbocycles. The topological polar surface area (TPSA) is 43.1 Å². The van der Waals surface area contributed by atoms with Gasteiger partial charge in [0.05, 0.1) is 21.3 Å². The van der Waals surface area contributed by atoms with Crippen molar-refractivity contribution in [2.24, 2.45) is 5.14 Å². The molecule has 0 aliphatic rings. The third kappa shape index (κ3) is 4.20. The Labute approximate surface area is 124 Å². The monoisotopic (exact) mass is 327 g/mol. The Morgan fingerprint density at radius 1 is 1.35 bits per heavy atom. The molecule has 1 rings (SSSR count). The maximum atomic E-state index is 13.0. The van der Waals surface area contributed by atoms with Crippen molar-refractivity contribution < 1.29 is 17.4 Å². The van der Waals surface area contributed by atoms with Gasteiger partial charge in [-0.2, -0.15) is 13.2 Å². The van der Waals surface area contributed by atoms with E-state index >= 15 is 0 Å². The van der Waals surface area contributed by atoms with Crippen molar-refractivity contribution in [1.29, 1.82) is 0 Å². The summed E-state index contributed by atoms with van der Waals surface area (Å²) in [6, 6.07) is 3.71. The smallest absolute Gasteiger partial charge is 0.251 e. The average molecular weight is 328 g/mol. The van der Waals surface area contributed by atoms with Crippen LogP contribution in [0.1, 0.15) is 44.2 Å². The molecule has 0 aliphatic heterocycles. The Balaban J connectivity index is 3.17. The lowest BCUT2D eigenvalue weighted by molar-refractivity contribution is -0.138. The molecule has 0 aromatic heterocycles. The molecule has 0 amide bonds. The van der Waals surface area contributed by atoms with E-state index in [-0.39, 0.29) is 17.0 Å². The van der Waals surface area contributed by atoms with E-state index in [1.165, 1.54) is 12.1 Å². The molecule has 7 heteroatoms. The summed E-state index contributed by atoms with van der Waals surface area (Å²) >= 11 is 5.64. The predicted octanol–water partition coefficient (Wildman–Crippen LogP) is 4.25. The van der Waals surface area contributed by atoms with Crippen molar-refractivity contribution in [1.82, 2.24) is 0 Å². The summed E-state index contributed by atoms with van der Waals surface area (Å²) in [7, 11) is -1.61. The Bertz CT molecular complexity index is 517. The molecule has 0 bridgehead atoms. The van der Waals surface area contributed by atoms with Gasteiger partial charge >= 0.3 is 6.18 Å². The van der Waals surface area contributed by atoms with Crippen LogP contribution in [0.25, 0.3) is 0 Å². The van der Waals surface area contributed by atoms with E-state index in [0.29, 0.717) is 0 Å². The lowest BCUT2D eigenvalue weighted by Crippen LogP contribution is -2.33. The van der Waals surface area contributed by atoms with Gasteiger partial charge in [0.25, 0.3) is 0 Å². The van der Waals surface area contributed by atoms with Crippen molar-refractivity contribution in [3.05, 3.63) is 34.3 Å². The molecule has 2 N–H and O–H groups in total. The summed E-state index contributed by atoms with van der Waals surface area (Å²) in [5, 5.41) is 5.41. The second kappa shape index (κ2) is 6.03. The second-order valence-corrected chi connectivity index (χ2v) is 7.53. The molecular weight excluding hydrogens is 311 g/mol. The highest BCUT2D eigenvalue weighted by molar-refractivity contribution is 7.84. The van der Waals surface area contributed by atoms with Crippen LogP contribution in [0.3, 0.4) is 0 Å². The van der Waals surface area contributed by atoms with Crippen LogP contribution in [0.2, 0.25) is 5.02 Å². The number of nitrogens with two attached hydrogens (primary N) is 1. The van der Waals surface area contributed by atoms with E-state index in [9.17, 15) is 17.4 Å². The normalized spacial score (nSPS) is 16.0. The molecule has 0 fully saturated rings. The second-order valence-electron chi connectivity index (χ2n) is 5.39. The van der Waals surface area contributed by atoms with Crippen LogP contribution in [-0.2, 0) is 17.2 Å². The number of alkyl halides is 3. The fraction of sp³-hybridized carbons (Fsp3) is 0.538. The van der Waals surface area contributed by atoms with Crippen molar-refractivity contribution in [3.63, 3.8) is 0 Å². The zero-order valence-electron chi connectivity index (χ0n) is 11.4. The van der Waals surface area contributed by atoms with Crippen LogP contribution in [0.4, 0.5) is 13.2 Å². The number of halogens is 4. The Morgan fingerprint density at radius 3 is 2.35 bits per heavy atom. The highest BCUT2D eigenvalue weighted by Gasteiger charge is 2.36. The summed E-state index contributed by atoms with van der Waals surface area (Å²) in [5.41, 5.74) is -0.614. The van der Waals surface area contributed by atoms with Gasteiger partial charge in [-0.1, -0.05) is 24.6 Å². The fourth-order valence-electron chi connectivity index (χ4n) is 2.13. The molecule has 114 valence electrons. The van der Waals surface area contributed by atoms with E-state index in [1.807, 2.05) is 0 Å². The predicted molar refractivity (Wildman–Crippen MR) is 75.9 cm³/mol. The summed E-state index contributed by atoms with van der Waals surface area (Å²) in [4.78, 5) is 0. The first-order valence-electron chi connectivity index (χ1n) is 5.98. The Morgan fingerprint density at radius 2 is 1.90 bits per heavy atom. The molecule has 2 nitrogen and oxygen atoms in total. The van der Waals surface area contributed by atoms with E-state index < -0.39 is 33.4 Å². The maximum Gasteiger partial charge on any atom is 0.416 e. The molecule has 20 heavy (non-hydrogen) atoms. The van der Waals surface area contributed by atoms with Crippen LogP contribution in [-0.4, -0.2) is 8.96 Å². The highest BCUT2D eigenvalue weighted by atomic mass is 35.5. The van der Waals surface area contributed by atoms with Gasteiger partial charge < -0.3 is 0 Å². The van der Waals surface area contributed by atoms with E-state index in [2.05, 4.69) is 0 Å². The van der Waals surface area contributed by atoms with Crippen LogP contribution in [0, 0.1) is 0 Å². The van der Waals surface area contributed by atoms with Crippen molar-refractivity contribution >= 4 is 22.6 Å². The van der Waals surface area contributed by atoms with Crippen LogP contribution in [0.15, 0.2) is 18.2 Å². The van der Waals surface area contributed by atoms with Crippen LogP contribution in [0.5, 0.6) is 0 Å². The lowest BCUT2D eigenvalue weighted by Gasteiger charge is -2.27. The third-order valence-corrected chi connectivity index (χ3v) is 4.69. The Hall–Kier alpha value is -0.590. The van der Waals surface area contributed by atoms with Crippen LogP contribution >= 0.6 is 11.6 Å². The molecule has 1 aromatic rings. The van der Waals surface area contributed by atoms with Crippen LogP contribution < -0.4 is 5.14 Å². The first kappa shape index (κ1) is 17.5. The van der Waals surface area contributed by atoms with Gasteiger partial charge in [-0.05, 0) is 43.9 Å². The van der Waals surface area contributed by atoms with Crippen molar-refractivity contribution in [2.75, 3.05) is 0 Å². The first-order chi connectivity index (χ1) is 8.95. The largest absolute Gasteiger partial charge is 0.416 e. The Kier molecular flexibility index (Phi) is 5.27. The molecule has 2 atom stereocenters. The molecule has 0 aliphatic carbocycles. The van der Waals surface area contributed by atoms with Gasteiger partial charge in [0.2, 0.25) is 0 Å². The summed E-state index contributed by atoms with van der Waals surface area (Å²) < 4.78 is 49.8. The minimum atomic E-state index is -4.47. The molecular formula is C13H17ClF3NOS. The van der Waals surface area contributed by atoms with Gasteiger partial charge in [0, 0.05) is 5.02 Å². The summed E-state index contributed by atoms with van der Waals surface area (Å²) in [5.74, 6) is -0.439. The third-order valence-electron chi connectivity index (χ3n) is 3.19. The van der Waals surface area contributed by atoms with E-state index in [4.69, 9.17) is 16.7 Å². The average Bonchev–Trinajstić information content (AvgIpc) is 2.26. The zero-order chi connectivity index (χ0) is 15.7. The SMILES string of the molecule is C[C@H](CC(C)(C)S(N)=O)c1ccc(Cl)cc1C(F)(F)F. The van der Waals surface area contributed by atoms with Gasteiger partial charge in [0.1, 0.15) is 0 Å². The number of hydrogen-bond donors (Lipinski definition) is 1. The zero-order valence-corrected chi connectivity index (χ0v) is 13.0. The molecule has 0 spiro atoms. The number of hydrogen-bond acceptors (Lipinski definition) is 1. The summed E-state index contributed by atoms with van der Waals surface area (Å²) in [6.45, 7) is 5.00. The lowest BCUT2D eigenvalue weighted by atomic mass is 9.88. The quantitative estimate of drug-likeness (QED) is 0.882. The standard InChI is InChI=1S/C13H17ClF3NOS/c1-8(7-12(2,3)20(18)19)10-5-4-9(14)6-11(10)13(15,16)17/h4-6,8H,7,18H2,1-3H3/t8-,20?/m1/s1. The van der Waals surface area contributed by atoms with Crippen molar-refractivity contribution in [2.45, 2.75) is 44.0 Å². The van der Waals surface area contributed by atoms with Gasteiger partial charge in [-0.25, -0.2) is 4.21 Å². The van der Waals surface area contributed by atoms with Gasteiger partial charge in [-0.3, -0.25) is 5.14 Å². The number of benzene rings is 1. The maximum absolute atomic E-state index is 13.0. The highest BCUT2D eigenvalue weighted by Crippen LogP contribution is 2.39. The number of rotatable bonds is 4. The summed E-state index contributed by atoms with van der Waals surface area (Å²) in [6.07, 6.45) is -4.19. The van der Waals surface area contributed by atoms with Gasteiger partial charge in [-0.15, -0.1) is 0 Å². The van der Waals surface area contributed by atoms with Crippen molar-refractivity contribution in [3.8, 4) is 0 Å². The van der Waals surface area contributed by atoms with E-state index in [1.54, 1.807) is 20.8 Å². The van der Waals surface area contributed by atoms with Gasteiger partial charge in [0.15, 0.2) is 0 Å². The molecule has 0 saturated heterocycles. The molecule has 0 radical (unpaired) electrons. The molecule has 1 unspecified atom stereocenters. The van der Waals surface area contributed by atoms with E-state index in [0.717, 1.165) is 6.07 Å². The fourth-order valence-corrected chi connectivity index (χ4v) is 2.72. The molecule has 1 aromatic carbocycles.